The molecule has 0 atom stereocenters. The van der Waals surface area contributed by atoms with Crippen LogP contribution in [0.15, 0.2) is 53.9 Å². The van der Waals surface area contributed by atoms with Crippen molar-refractivity contribution in [3.05, 3.63) is 80.7 Å². The lowest BCUT2D eigenvalue weighted by molar-refractivity contribution is -0.111. The molecular weight excluding hydrogens is 429 g/mol. The van der Waals surface area contributed by atoms with E-state index in [0.29, 0.717) is 31.7 Å². The SMILES string of the molecule is COC(=O)c1c(-c2ccc(C)cc2)csc1NC(=O)/C=C/c1c(Cl)cccc1Cl. The third kappa shape index (κ3) is 4.88. The van der Waals surface area contributed by atoms with Crippen LogP contribution in [-0.2, 0) is 9.53 Å². The highest BCUT2D eigenvalue weighted by atomic mass is 35.5. The highest BCUT2D eigenvalue weighted by Crippen LogP contribution is 2.36. The number of hydrogen-bond donors (Lipinski definition) is 1. The smallest absolute Gasteiger partial charge is 0.341 e. The maximum atomic E-state index is 12.4. The minimum atomic E-state index is -0.518. The summed E-state index contributed by atoms with van der Waals surface area (Å²) in [6.07, 6.45) is 2.85. The van der Waals surface area contributed by atoms with Gasteiger partial charge in [0.2, 0.25) is 5.91 Å². The van der Waals surface area contributed by atoms with Gasteiger partial charge in [-0.05, 0) is 30.7 Å². The molecule has 1 amide bonds. The van der Waals surface area contributed by atoms with Crippen LogP contribution in [0.2, 0.25) is 10.0 Å². The van der Waals surface area contributed by atoms with E-state index in [1.807, 2.05) is 36.6 Å². The Morgan fingerprint density at radius 2 is 1.72 bits per heavy atom. The molecule has 0 saturated carbocycles. The number of carbonyl (C=O) groups is 2. The summed E-state index contributed by atoms with van der Waals surface area (Å²) in [6.45, 7) is 1.99. The molecule has 148 valence electrons. The summed E-state index contributed by atoms with van der Waals surface area (Å²) in [5.41, 5.74) is 3.55. The Morgan fingerprint density at radius 1 is 1.07 bits per heavy atom. The molecule has 7 heteroatoms. The fourth-order valence-corrected chi connectivity index (χ4v) is 4.17. The largest absolute Gasteiger partial charge is 0.465 e. The van der Waals surface area contributed by atoms with Gasteiger partial charge in [0.1, 0.15) is 10.6 Å². The van der Waals surface area contributed by atoms with Crippen LogP contribution in [0, 0.1) is 6.92 Å². The number of carbonyl (C=O) groups excluding carboxylic acids is 2. The molecule has 0 saturated heterocycles. The average molecular weight is 446 g/mol. The quantitative estimate of drug-likeness (QED) is 0.361. The summed E-state index contributed by atoms with van der Waals surface area (Å²) in [5, 5.41) is 5.85. The zero-order valence-electron chi connectivity index (χ0n) is 15.7. The van der Waals surface area contributed by atoms with Gasteiger partial charge in [-0.2, -0.15) is 0 Å². The molecule has 0 spiro atoms. The lowest BCUT2D eigenvalue weighted by Gasteiger charge is -2.07. The second kappa shape index (κ2) is 9.27. The molecule has 0 bridgehead atoms. The fourth-order valence-electron chi connectivity index (χ4n) is 2.68. The first-order valence-electron chi connectivity index (χ1n) is 8.60. The monoisotopic (exact) mass is 445 g/mol. The number of amides is 1. The Kier molecular flexibility index (Phi) is 6.75. The Bertz CT molecular complexity index is 1070. The van der Waals surface area contributed by atoms with E-state index in [2.05, 4.69) is 5.32 Å². The van der Waals surface area contributed by atoms with Crippen LogP contribution < -0.4 is 5.32 Å². The van der Waals surface area contributed by atoms with Crippen molar-refractivity contribution in [2.75, 3.05) is 12.4 Å². The van der Waals surface area contributed by atoms with Crippen molar-refractivity contribution in [2.45, 2.75) is 6.92 Å². The zero-order chi connectivity index (χ0) is 21.0. The lowest BCUT2D eigenvalue weighted by Crippen LogP contribution is -2.11. The molecule has 3 aromatic rings. The summed E-state index contributed by atoms with van der Waals surface area (Å²) in [7, 11) is 1.31. The van der Waals surface area contributed by atoms with Gasteiger partial charge in [-0.1, -0.05) is 59.1 Å². The van der Waals surface area contributed by atoms with Gasteiger partial charge in [0, 0.05) is 32.6 Å². The van der Waals surface area contributed by atoms with Gasteiger partial charge in [0.25, 0.3) is 0 Å². The molecule has 0 aliphatic heterocycles. The summed E-state index contributed by atoms with van der Waals surface area (Å²) in [5.74, 6) is -0.932. The summed E-state index contributed by atoms with van der Waals surface area (Å²) in [6, 6.07) is 12.9. The van der Waals surface area contributed by atoms with Crippen LogP contribution >= 0.6 is 34.5 Å². The molecule has 1 heterocycles. The summed E-state index contributed by atoms with van der Waals surface area (Å²) in [4.78, 5) is 24.8. The maximum Gasteiger partial charge on any atom is 0.341 e. The van der Waals surface area contributed by atoms with Crippen molar-refractivity contribution in [2.24, 2.45) is 0 Å². The molecule has 4 nitrogen and oxygen atoms in total. The van der Waals surface area contributed by atoms with Crippen molar-refractivity contribution in [3.63, 3.8) is 0 Å². The van der Waals surface area contributed by atoms with E-state index in [1.165, 1.54) is 30.6 Å². The average Bonchev–Trinajstić information content (AvgIpc) is 3.11. The van der Waals surface area contributed by atoms with Crippen LogP contribution in [0.3, 0.4) is 0 Å². The lowest BCUT2D eigenvalue weighted by atomic mass is 10.0. The molecule has 3 rings (SSSR count). The van der Waals surface area contributed by atoms with E-state index in [0.717, 1.165) is 11.1 Å². The number of ether oxygens (including phenoxy) is 1. The Labute approximate surface area is 182 Å². The van der Waals surface area contributed by atoms with E-state index in [4.69, 9.17) is 27.9 Å². The molecule has 0 aliphatic rings. The minimum absolute atomic E-state index is 0.318. The van der Waals surface area contributed by atoms with Crippen LogP contribution in [0.1, 0.15) is 21.5 Å². The van der Waals surface area contributed by atoms with Gasteiger partial charge >= 0.3 is 5.97 Å². The molecule has 0 fully saturated rings. The number of rotatable bonds is 5. The maximum absolute atomic E-state index is 12.4. The van der Waals surface area contributed by atoms with Gasteiger partial charge in [-0.25, -0.2) is 4.79 Å². The molecule has 0 aliphatic carbocycles. The highest BCUT2D eigenvalue weighted by molar-refractivity contribution is 7.15. The fraction of sp³-hybridized carbons (Fsp3) is 0.0909. The number of thiophene rings is 1. The first-order valence-corrected chi connectivity index (χ1v) is 10.2. The number of nitrogens with one attached hydrogen (secondary N) is 1. The summed E-state index contributed by atoms with van der Waals surface area (Å²) < 4.78 is 4.93. The second-order valence-electron chi connectivity index (χ2n) is 6.17. The number of benzene rings is 2. The van der Waals surface area contributed by atoms with Gasteiger partial charge in [-0.3, -0.25) is 4.79 Å². The molecule has 2 aromatic carbocycles. The highest BCUT2D eigenvalue weighted by Gasteiger charge is 2.22. The number of halogens is 2. The van der Waals surface area contributed by atoms with Crippen molar-refractivity contribution >= 4 is 57.5 Å². The van der Waals surface area contributed by atoms with Crippen molar-refractivity contribution in [1.29, 1.82) is 0 Å². The first kappa shape index (κ1) is 21.1. The molecule has 1 N–H and O–H groups in total. The van der Waals surface area contributed by atoms with Crippen LogP contribution in [0.5, 0.6) is 0 Å². The van der Waals surface area contributed by atoms with Gasteiger partial charge in [0.05, 0.1) is 7.11 Å². The molecule has 1 aromatic heterocycles. The predicted octanol–water partition coefficient (Wildman–Crippen LogP) is 6.47. The van der Waals surface area contributed by atoms with E-state index in [9.17, 15) is 9.59 Å². The predicted molar refractivity (Wildman–Crippen MR) is 120 cm³/mol. The summed E-state index contributed by atoms with van der Waals surface area (Å²) >= 11 is 13.5. The number of esters is 1. The van der Waals surface area contributed by atoms with E-state index >= 15 is 0 Å². The third-order valence-electron chi connectivity index (χ3n) is 4.18. The minimum Gasteiger partial charge on any atom is -0.465 e. The molecule has 0 radical (unpaired) electrons. The van der Waals surface area contributed by atoms with Crippen LogP contribution in [-0.4, -0.2) is 19.0 Å². The van der Waals surface area contributed by atoms with Crippen LogP contribution in [0.25, 0.3) is 17.2 Å². The van der Waals surface area contributed by atoms with E-state index < -0.39 is 11.9 Å². The van der Waals surface area contributed by atoms with Gasteiger partial charge in [0.15, 0.2) is 0 Å². The molecule has 0 unspecified atom stereocenters. The Morgan fingerprint density at radius 3 is 2.34 bits per heavy atom. The first-order chi connectivity index (χ1) is 13.9. The standard InChI is InChI=1S/C22H17Cl2NO3S/c1-13-6-8-14(9-7-13)16-12-29-21(20(16)22(27)28-2)25-19(26)11-10-15-17(23)4-3-5-18(15)24/h3-12H,1-2H3,(H,25,26)/b11-10+. The van der Waals surface area contributed by atoms with Gasteiger partial charge in [-0.15, -0.1) is 11.3 Å². The van der Waals surface area contributed by atoms with Crippen molar-refractivity contribution in [1.82, 2.24) is 0 Å². The zero-order valence-corrected chi connectivity index (χ0v) is 18.0. The van der Waals surface area contributed by atoms with Crippen molar-refractivity contribution < 1.29 is 14.3 Å². The Balaban J connectivity index is 1.89. The van der Waals surface area contributed by atoms with Crippen LogP contribution in [0.4, 0.5) is 5.00 Å². The molecular formula is C22H17Cl2NO3S. The van der Waals surface area contributed by atoms with E-state index in [1.54, 1.807) is 18.2 Å². The number of anilines is 1. The third-order valence-corrected chi connectivity index (χ3v) is 5.74. The Hall–Kier alpha value is -2.60. The normalized spacial score (nSPS) is 10.9. The van der Waals surface area contributed by atoms with Gasteiger partial charge < -0.3 is 10.1 Å². The number of hydrogen-bond acceptors (Lipinski definition) is 4. The number of methoxy groups -OCH3 is 1. The second-order valence-corrected chi connectivity index (χ2v) is 7.86. The topological polar surface area (TPSA) is 55.4 Å². The van der Waals surface area contributed by atoms with Crippen molar-refractivity contribution in [3.8, 4) is 11.1 Å². The number of aryl methyl sites for hydroxylation is 1. The molecule has 29 heavy (non-hydrogen) atoms. The van der Waals surface area contributed by atoms with E-state index in [-0.39, 0.29) is 0 Å².